The van der Waals surface area contributed by atoms with Gasteiger partial charge >= 0.3 is 0 Å². The summed E-state index contributed by atoms with van der Waals surface area (Å²) < 4.78 is 5.18. The number of unbranched alkanes of at least 4 members (excludes halogenated alkanes) is 3. The highest BCUT2D eigenvalue weighted by molar-refractivity contribution is 5.77. The third-order valence-electron chi connectivity index (χ3n) is 3.17. The molecule has 1 heterocycles. The first-order valence-electron chi connectivity index (χ1n) is 7.99. The van der Waals surface area contributed by atoms with Gasteiger partial charge in [-0.1, -0.05) is 45.2 Å². The summed E-state index contributed by atoms with van der Waals surface area (Å²) in [7, 11) is 0. The highest BCUT2D eigenvalue weighted by Gasteiger charge is 2.08. The summed E-state index contributed by atoms with van der Waals surface area (Å²) in [4.78, 5) is 8.62. The Morgan fingerprint density at radius 1 is 1.29 bits per heavy atom. The fourth-order valence-electron chi connectivity index (χ4n) is 1.86. The molecule has 0 amide bonds. The fraction of sp³-hybridized carbons (Fsp3) is 0.800. The third kappa shape index (κ3) is 7.68. The number of rotatable bonds is 10. The minimum absolute atomic E-state index is 0.299. The number of aromatic nitrogens is 2. The molecule has 0 aliphatic carbocycles. The van der Waals surface area contributed by atoms with E-state index in [9.17, 15) is 0 Å². The number of aryl methyl sites for hydroxylation is 1. The average Bonchev–Trinajstić information content (AvgIpc) is 2.92. The molecular weight excluding hydrogens is 266 g/mol. The molecule has 120 valence electrons. The van der Waals surface area contributed by atoms with E-state index in [0.29, 0.717) is 24.3 Å². The van der Waals surface area contributed by atoms with Gasteiger partial charge in [-0.05, 0) is 12.8 Å². The molecule has 1 aromatic heterocycles. The molecule has 0 fully saturated rings. The molecule has 0 aliphatic heterocycles. The summed E-state index contributed by atoms with van der Waals surface area (Å²) in [6, 6.07) is 0. The van der Waals surface area contributed by atoms with Gasteiger partial charge in [0.2, 0.25) is 5.89 Å². The average molecular weight is 295 g/mol. The number of nitrogens with zero attached hydrogens (tertiary/aromatic N) is 3. The second kappa shape index (κ2) is 10.2. The number of nitrogens with two attached hydrogens (primary N) is 1. The molecule has 0 radical (unpaired) electrons. The molecule has 0 aromatic carbocycles. The van der Waals surface area contributed by atoms with Gasteiger partial charge in [0.1, 0.15) is 0 Å². The molecule has 0 aliphatic rings. The lowest BCUT2D eigenvalue weighted by molar-refractivity contribution is 0.369. The van der Waals surface area contributed by atoms with Gasteiger partial charge < -0.3 is 15.6 Å². The lowest BCUT2D eigenvalue weighted by atomic mass is 10.2. The number of guanidine groups is 1. The maximum absolute atomic E-state index is 5.80. The van der Waals surface area contributed by atoms with Gasteiger partial charge in [0.25, 0.3) is 0 Å². The largest absolute Gasteiger partial charge is 0.370 e. The highest BCUT2D eigenvalue weighted by atomic mass is 16.5. The molecule has 0 saturated carbocycles. The van der Waals surface area contributed by atoms with Crippen molar-refractivity contribution in [2.24, 2.45) is 10.7 Å². The first-order valence-corrected chi connectivity index (χ1v) is 7.99. The Kier molecular flexibility index (Phi) is 8.47. The van der Waals surface area contributed by atoms with Crippen LogP contribution >= 0.6 is 0 Å². The Morgan fingerprint density at radius 2 is 2.10 bits per heavy atom. The van der Waals surface area contributed by atoms with E-state index in [4.69, 9.17) is 10.3 Å². The van der Waals surface area contributed by atoms with Gasteiger partial charge in [-0.25, -0.2) is 0 Å². The molecule has 1 rings (SSSR count). The lowest BCUT2D eigenvalue weighted by Crippen LogP contribution is -2.32. The van der Waals surface area contributed by atoms with Crippen LogP contribution in [-0.2, 0) is 6.42 Å². The van der Waals surface area contributed by atoms with E-state index in [1.165, 1.54) is 19.3 Å². The highest BCUT2D eigenvalue weighted by Crippen LogP contribution is 2.10. The molecular formula is C15H29N5O. The van der Waals surface area contributed by atoms with Crippen LogP contribution in [0.1, 0.15) is 70.5 Å². The Hall–Kier alpha value is -1.59. The van der Waals surface area contributed by atoms with Gasteiger partial charge in [0.15, 0.2) is 11.8 Å². The molecule has 0 atom stereocenters. The molecule has 0 saturated heterocycles. The molecule has 6 heteroatoms. The summed E-state index contributed by atoms with van der Waals surface area (Å²) in [5.74, 6) is 2.27. The van der Waals surface area contributed by atoms with Crippen LogP contribution < -0.4 is 11.1 Å². The molecule has 1 aromatic rings. The fourth-order valence-corrected chi connectivity index (χ4v) is 1.86. The maximum atomic E-state index is 5.80. The van der Waals surface area contributed by atoms with Gasteiger partial charge in [0.05, 0.1) is 0 Å². The van der Waals surface area contributed by atoms with Crippen molar-refractivity contribution in [2.75, 3.05) is 13.1 Å². The molecule has 3 N–H and O–H groups in total. The standard InChI is InChI=1S/C15H29N5O/c1-4-5-6-7-10-17-15(16)18-11-8-9-13-19-14(12(2)3)20-21-13/h12H,4-11H2,1-3H3,(H3,16,17,18). The second-order valence-corrected chi connectivity index (χ2v) is 5.56. The van der Waals surface area contributed by atoms with Crippen LogP contribution in [0.3, 0.4) is 0 Å². The lowest BCUT2D eigenvalue weighted by Gasteiger charge is -2.04. The van der Waals surface area contributed by atoms with Crippen molar-refractivity contribution >= 4 is 5.96 Å². The van der Waals surface area contributed by atoms with E-state index >= 15 is 0 Å². The van der Waals surface area contributed by atoms with Crippen molar-refractivity contribution in [3.05, 3.63) is 11.7 Å². The van der Waals surface area contributed by atoms with E-state index in [0.717, 1.165) is 31.6 Å². The van der Waals surface area contributed by atoms with Crippen molar-refractivity contribution < 1.29 is 4.52 Å². The Bertz CT molecular complexity index is 414. The van der Waals surface area contributed by atoms with E-state index in [1.54, 1.807) is 0 Å². The zero-order valence-electron chi connectivity index (χ0n) is 13.6. The first kappa shape index (κ1) is 17.5. The van der Waals surface area contributed by atoms with Gasteiger partial charge in [-0.2, -0.15) is 4.98 Å². The van der Waals surface area contributed by atoms with Crippen molar-refractivity contribution in [1.29, 1.82) is 0 Å². The summed E-state index contributed by atoms with van der Waals surface area (Å²) in [6.45, 7) is 7.87. The summed E-state index contributed by atoms with van der Waals surface area (Å²) >= 11 is 0. The predicted octanol–water partition coefficient (Wildman–Crippen LogP) is 2.61. The van der Waals surface area contributed by atoms with Crippen molar-refractivity contribution in [3.8, 4) is 0 Å². The Labute approximate surface area is 127 Å². The number of hydrogen-bond donors (Lipinski definition) is 2. The van der Waals surface area contributed by atoms with Gasteiger partial charge in [0, 0.05) is 25.4 Å². The smallest absolute Gasteiger partial charge is 0.226 e. The SMILES string of the molecule is CCCCCCNC(N)=NCCCc1nc(C(C)C)no1. The van der Waals surface area contributed by atoms with Crippen molar-refractivity contribution in [1.82, 2.24) is 15.5 Å². The molecule has 6 nitrogen and oxygen atoms in total. The maximum Gasteiger partial charge on any atom is 0.226 e. The van der Waals surface area contributed by atoms with Crippen LogP contribution in [0.4, 0.5) is 0 Å². The van der Waals surface area contributed by atoms with Crippen LogP contribution in [-0.4, -0.2) is 29.2 Å². The van der Waals surface area contributed by atoms with E-state index in [2.05, 4.69) is 27.4 Å². The number of hydrogen-bond acceptors (Lipinski definition) is 4. The van der Waals surface area contributed by atoms with Gasteiger partial charge in [-0.3, -0.25) is 4.99 Å². The van der Waals surface area contributed by atoms with E-state index in [1.807, 2.05) is 13.8 Å². The minimum Gasteiger partial charge on any atom is -0.370 e. The van der Waals surface area contributed by atoms with E-state index in [-0.39, 0.29) is 0 Å². The Morgan fingerprint density at radius 3 is 2.76 bits per heavy atom. The third-order valence-corrected chi connectivity index (χ3v) is 3.17. The minimum atomic E-state index is 0.299. The number of nitrogens with one attached hydrogen (secondary N) is 1. The van der Waals surface area contributed by atoms with Crippen LogP contribution in [0.15, 0.2) is 9.52 Å². The van der Waals surface area contributed by atoms with Crippen molar-refractivity contribution in [3.63, 3.8) is 0 Å². The van der Waals surface area contributed by atoms with Crippen LogP contribution in [0.25, 0.3) is 0 Å². The monoisotopic (exact) mass is 295 g/mol. The summed E-state index contributed by atoms with van der Waals surface area (Å²) in [5.41, 5.74) is 5.80. The normalized spacial score (nSPS) is 12.1. The second-order valence-electron chi connectivity index (χ2n) is 5.56. The predicted molar refractivity (Wildman–Crippen MR) is 85.3 cm³/mol. The van der Waals surface area contributed by atoms with Crippen LogP contribution in [0.5, 0.6) is 0 Å². The van der Waals surface area contributed by atoms with E-state index < -0.39 is 0 Å². The molecule has 0 bridgehead atoms. The van der Waals surface area contributed by atoms with Gasteiger partial charge in [-0.15, -0.1) is 0 Å². The molecule has 0 spiro atoms. The molecule has 0 unspecified atom stereocenters. The van der Waals surface area contributed by atoms with Crippen molar-refractivity contribution in [2.45, 2.75) is 65.2 Å². The quantitative estimate of drug-likeness (QED) is 0.393. The molecule has 21 heavy (non-hydrogen) atoms. The Balaban J connectivity index is 2.12. The van der Waals surface area contributed by atoms with Crippen LogP contribution in [0, 0.1) is 0 Å². The summed E-state index contributed by atoms with van der Waals surface area (Å²) in [5, 5.41) is 7.07. The summed E-state index contributed by atoms with van der Waals surface area (Å²) in [6.07, 6.45) is 6.51. The van der Waals surface area contributed by atoms with Crippen LogP contribution in [0.2, 0.25) is 0 Å². The topological polar surface area (TPSA) is 89.3 Å². The number of aliphatic imine (C=N–C) groups is 1. The zero-order valence-corrected chi connectivity index (χ0v) is 13.6. The first-order chi connectivity index (χ1) is 10.1. The zero-order chi connectivity index (χ0) is 15.5.